The molecule has 1 aromatic carbocycles. The van der Waals surface area contributed by atoms with Gasteiger partial charge in [-0.15, -0.1) is 0 Å². The lowest BCUT2D eigenvalue weighted by Gasteiger charge is -2.24. The number of anilines is 1. The van der Waals surface area contributed by atoms with Crippen molar-refractivity contribution in [3.63, 3.8) is 0 Å². The van der Waals surface area contributed by atoms with Gasteiger partial charge in [-0.05, 0) is 37.3 Å². The summed E-state index contributed by atoms with van der Waals surface area (Å²) in [6.07, 6.45) is 4.66. The maximum atomic E-state index is 12.2. The zero-order valence-electron chi connectivity index (χ0n) is 15.1. The van der Waals surface area contributed by atoms with Gasteiger partial charge in [0.1, 0.15) is 12.7 Å². The molecule has 0 spiro atoms. The van der Waals surface area contributed by atoms with Crippen molar-refractivity contribution in [1.29, 1.82) is 0 Å². The summed E-state index contributed by atoms with van der Waals surface area (Å²) in [6.45, 7) is 6.69. The highest BCUT2D eigenvalue weighted by Crippen LogP contribution is 2.17. The van der Waals surface area contributed by atoms with Crippen molar-refractivity contribution in [1.82, 2.24) is 20.1 Å². The Morgan fingerprint density at radius 2 is 2.12 bits per heavy atom. The number of aliphatic hydroxyl groups is 1. The first-order chi connectivity index (χ1) is 11.9. The van der Waals surface area contributed by atoms with Gasteiger partial charge in [0.25, 0.3) is 0 Å². The number of nitrogens with zero attached hydrogens (tertiary/aromatic N) is 3. The molecule has 7 nitrogen and oxygen atoms in total. The van der Waals surface area contributed by atoms with Crippen molar-refractivity contribution in [2.24, 2.45) is 5.92 Å². The number of rotatable bonds is 8. The predicted molar refractivity (Wildman–Crippen MR) is 97.3 cm³/mol. The van der Waals surface area contributed by atoms with Crippen LogP contribution >= 0.6 is 0 Å². The fourth-order valence-electron chi connectivity index (χ4n) is 2.39. The fourth-order valence-corrected chi connectivity index (χ4v) is 2.39. The van der Waals surface area contributed by atoms with Crippen molar-refractivity contribution in [2.75, 3.05) is 11.9 Å². The maximum absolute atomic E-state index is 12.2. The lowest BCUT2D eigenvalue weighted by Crippen LogP contribution is -2.42. The molecule has 0 radical (unpaired) electrons. The van der Waals surface area contributed by atoms with Crippen LogP contribution in [0.4, 0.5) is 10.5 Å². The Bertz CT molecular complexity index is 668. The van der Waals surface area contributed by atoms with Crippen molar-refractivity contribution in [2.45, 2.75) is 45.8 Å². The summed E-state index contributed by atoms with van der Waals surface area (Å²) >= 11 is 0. The molecular formula is C18H27N5O2. The van der Waals surface area contributed by atoms with Gasteiger partial charge in [0, 0.05) is 12.2 Å². The molecule has 1 atom stereocenters. The summed E-state index contributed by atoms with van der Waals surface area (Å²) in [7, 11) is 0. The lowest BCUT2D eigenvalue weighted by molar-refractivity contribution is 0.0481. The fraction of sp³-hybridized carbons (Fsp3) is 0.500. The van der Waals surface area contributed by atoms with Crippen LogP contribution in [0.2, 0.25) is 0 Å². The molecule has 0 fully saturated rings. The van der Waals surface area contributed by atoms with Crippen LogP contribution in [-0.4, -0.2) is 38.0 Å². The van der Waals surface area contributed by atoms with Crippen LogP contribution in [0.3, 0.4) is 0 Å². The van der Waals surface area contributed by atoms with E-state index in [1.165, 1.54) is 6.33 Å². The lowest BCUT2D eigenvalue weighted by atomic mass is 9.95. The molecule has 136 valence electrons. The Morgan fingerprint density at radius 1 is 1.36 bits per heavy atom. The molecular weight excluding hydrogens is 318 g/mol. The average molecular weight is 345 g/mol. The van der Waals surface area contributed by atoms with E-state index >= 15 is 0 Å². The number of aromatic nitrogens is 3. The summed E-state index contributed by atoms with van der Waals surface area (Å²) in [5, 5.41) is 20.0. The van der Waals surface area contributed by atoms with Crippen molar-refractivity contribution >= 4 is 11.7 Å². The Hall–Kier alpha value is -2.41. The molecule has 2 rings (SSSR count). The van der Waals surface area contributed by atoms with Crippen LogP contribution in [0, 0.1) is 5.92 Å². The number of hydrogen-bond donors (Lipinski definition) is 3. The number of para-hydroxylation sites is 1. The molecule has 3 N–H and O–H groups in total. The first kappa shape index (κ1) is 18.9. The number of carbonyl (C=O) groups excluding carboxylic acids is 1. The Labute approximate surface area is 148 Å². The number of carbonyl (C=O) groups is 1. The molecule has 25 heavy (non-hydrogen) atoms. The first-order valence-corrected chi connectivity index (χ1v) is 8.53. The third-order valence-corrected chi connectivity index (χ3v) is 3.95. The Kier molecular flexibility index (Phi) is 6.52. The zero-order chi connectivity index (χ0) is 18.3. The molecule has 0 saturated heterocycles. The number of benzene rings is 1. The van der Waals surface area contributed by atoms with Crippen molar-refractivity contribution < 1.29 is 9.90 Å². The monoisotopic (exact) mass is 345 g/mol. The third kappa shape index (κ3) is 6.54. The number of urea groups is 1. The maximum Gasteiger partial charge on any atom is 0.319 e. The van der Waals surface area contributed by atoms with E-state index in [-0.39, 0.29) is 12.6 Å². The summed E-state index contributed by atoms with van der Waals surface area (Å²) < 4.78 is 1.69. The average Bonchev–Trinajstić information content (AvgIpc) is 3.06. The van der Waals surface area contributed by atoms with Crippen LogP contribution in [0.1, 0.15) is 39.2 Å². The van der Waals surface area contributed by atoms with Crippen LogP contribution < -0.4 is 10.6 Å². The molecule has 0 aliphatic heterocycles. The van der Waals surface area contributed by atoms with E-state index in [1.54, 1.807) is 17.9 Å². The first-order valence-electron chi connectivity index (χ1n) is 8.53. The van der Waals surface area contributed by atoms with E-state index in [4.69, 9.17) is 0 Å². The SMILES string of the molecule is CC(C)CCC(C)(O)CNC(=O)Nc1ccccc1Cn1cncn1. The van der Waals surface area contributed by atoms with Gasteiger partial charge in [-0.3, -0.25) is 0 Å². The van der Waals surface area contributed by atoms with E-state index in [9.17, 15) is 9.90 Å². The van der Waals surface area contributed by atoms with Gasteiger partial charge in [0.2, 0.25) is 0 Å². The van der Waals surface area contributed by atoms with Crippen molar-refractivity contribution in [3.8, 4) is 0 Å². The van der Waals surface area contributed by atoms with Crippen molar-refractivity contribution in [3.05, 3.63) is 42.5 Å². The molecule has 1 aromatic heterocycles. The smallest absolute Gasteiger partial charge is 0.319 e. The van der Waals surface area contributed by atoms with E-state index in [2.05, 4.69) is 34.6 Å². The summed E-state index contributed by atoms with van der Waals surface area (Å²) in [4.78, 5) is 16.1. The largest absolute Gasteiger partial charge is 0.388 e. The Morgan fingerprint density at radius 3 is 2.80 bits per heavy atom. The van der Waals surface area contributed by atoms with E-state index in [0.717, 1.165) is 12.0 Å². The molecule has 1 heterocycles. The predicted octanol–water partition coefficient (Wildman–Crippen LogP) is 2.64. The van der Waals surface area contributed by atoms with Gasteiger partial charge in [-0.2, -0.15) is 5.10 Å². The minimum Gasteiger partial charge on any atom is -0.388 e. The molecule has 0 saturated carbocycles. The second-order valence-corrected chi connectivity index (χ2v) is 6.99. The minimum absolute atomic E-state index is 0.205. The van der Waals surface area contributed by atoms with E-state index in [0.29, 0.717) is 24.6 Å². The second-order valence-electron chi connectivity index (χ2n) is 6.99. The molecule has 0 aliphatic rings. The molecule has 2 aromatic rings. The van der Waals surface area contributed by atoms with Gasteiger partial charge in [0.15, 0.2) is 0 Å². The minimum atomic E-state index is -0.915. The highest BCUT2D eigenvalue weighted by Gasteiger charge is 2.21. The van der Waals surface area contributed by atoms with Gasteiger partial charge < -0.3 is 15.7 Å². The van der Waals surface area contributed by atoms with Gasteiger partial charge in [-0.25, -0.2) is 14.5 Å². The van der Waals surface area contributed by atoms with Crippen LogP contribution in [-0.2, 0) is 6.54 Å². The van der Waals surface area contributed by atoms with Gasteiger partial charge >= 0.3 is 6.03 Å². The zero-order valence-corrected chi connectivity index (χ0v) is 15.1. The summed E-state index contributed by atoms with van der Waals surface area (Å²) in [5.74, 6) is 0.518. The molecule has 0 aliphatic carbocycles. The highest BCUT2D eigenvalue weighted by molar-refractivity contribution is 5.90. The van der Waals surface area contributed by atoms with Crippen LogP contribution in [0.15, 0.2) is 36.9 Å². The van der Waals surface area contributed by atoms with Crippen LogP contribution in [0.25, 0.3) is 0 Å². The number of amides is 2. The number of nitrogens with one attached hydrogen (secondary N) is 2. The molecule has 1 unspecified atom stereocenters. The molecule has 7 heteroatoms. The van der Waals surface area contributed by atoms with Gasteiger partial charge in [0.05, 0.1) is 12.1 Å². The topological polar surface area (TPSA) is 92.1 Å². The van der Waals surface area contributed by atoms with E-state index < -0.39 is 5.60 Å². The Balaban J connectivity index is 1.90. The normalized spacial score (nSPS) is 13.5. The van der Waals surface area contributed by atoms with Gasteiger partial charge in [-0.1, -0.05) is 32.0 Å². The highest BCUT2D eigenvalue weighted by atomic mass is 16.3. The molecule has 2 amide bonds. The quantitative estimate of drug-likeness (QED) is 0.686. The second kappa shape index (κ2) is 8.62. The number of hydrogen-bond acceptors (Lipinski definition) is 4. The summed E-state index contributed by atoms with van der Waals surface area (Å²) in [5.41, 5.74) is 0.717. The van der Waals surface area contributed by atoms with E-state index in [1.807, 2.05) is 24.3 Å². The molecule has 0 bridgehead atoms. The third-order valence-electron chi connectivity index (χ3n) is 3.95. The summed E-state index contributed by atoms with van der Waals surface area (Å²) in [6, 6.07) is 7.19. The standard InChI is InChI=1S/C18H27N5O2/c1-14(2)8-9-18(3,25)11-20-17(24)22-16-7-5-4-6-15(16)10-23-13-19-12-21-23/h4-7,12-14,25H,8-11H2,1-3H3,(H2,20,22,24). The van der Waals surface area contributed by atoms with Crippen LogP contribution in [0.5, 0.6) is 0 Å².